The van der Waals surface area contributed by atoms with Crippen molar-refractivity contribution in [3.8, 4) is 0 Å². The number of alkyl halides is 1. The van der Waals surface area contributed by atoms with Crippen molar-refractivity contribution in [2.24, 2.45) is 5.92 Å². The summed E-state index contributed by atoms with van der Waals surface area (Å²) in [6.07, 6.45) is 8.53. The molecule has 1 heterocycles. The number of hydrogen-bond donors (Lipinski definition) is 1. The third-order valence-electron chi connectivity index (χ3n) is 4.62. The third kappa shape index (κ3) is 2.35. The second-order valence-electron chi connectivity index (χ2n) is 5.74. The van der Waals surface area contributed by atoms with Gasteiger partial charge in [0, 0.05) is 12.6 Å². The third-order valence-corrected chi connectivity index (χ3v) is 6.00. The van der Waals surface area contributed by atoms with Crippen LogP contribution in [0.3, 0.4) is 0 Å². The molecule has 2 aliphatic carbocycles. The van der Waals surface area contributed by atoms with E-state index in [0.29, 0.717) is 12.0 Å². The highest BCUT2D eigenvalue weighted by atomic mass is 127. The molecule has 1 aliphatic heterocycles. The summed E-state index contributed by atoms with van der Waals surface area (Å²) in [5.41, 5.74) is -0.0757. The van der Waals surface area contributed by atoms with Gasteiger partial charge in [-0.2, -0.15) is 0 Å². The number of halogens is 1. The van der Waals surface area contributed by atoms with E-state index in [-0.39, 0.29) is 15.5 Å². The molecule has 0 bridgehead atoms. The maximum Gasteiger partial charge on any atom is 0.321 e. The summed E-state index contributed by atoms with van der Waals surface area (Å²) < 4.78 is 5.98. The van der Waals surface area contributed by atoms with Crippen molar-refractivity contribution in [1.29, 1.82) is 0 Å². The van der Waals surface area contributed by atoms with Crippen LogP contribution in [0, 0.1) is 5.92 Å². The molecule has 1 saturated heterocycles. The van der Waals surface area contributed by atoms with Crippen LogP contribution in [-0.4, -0.2) is 28.1 Å². The standard InChI is InChI=1S/C13H20INO2/c14-11(10-8-15-10)12(16)17-13-6-2-1-4-9(13)5-3-7-13/h9-11,15H,1-8H2. The summed E-state index contributed by atoms with van der Waals surface area (Å²) >= 11 is 2.23. The molecule has 0 radical (unpaired) electrons. The minimum atomic E-state index is -0.0757. The zero-order valence-electron chi connectivity index (χ0n) is 10.1. The Hall–Kier alpha value is 0.160. The lowest BCUT2D eigenvalue weighted by atomic mass is 9.77. The Labute approximate surface area is 116 Å². The zero-order chi connectivity index (χ0) is 11.9. The van der Waals surface area contributed by atoms with Crippen LogP contribution in [-0.2, 0) is 9.53 Å². The smallest absolute Gasteiger partial charge is 0.321 e. The summed E-state index contributed by atoms with van der Waals surface area (Å²) in [6, 6.07) is 0.364. The van der Waals surface area contributed by atoms with Crippen molar-refractivity contribution in [2.45, 2.75) is 60.5 Å². The fourth-order valence-corrected chi connectivity index (χ4v) is 4.18. The van der Waals surface area contributed by atoms with Crippen LogP contribution >= 0.6 is 22.6 Å². The summed E-state index contributed by atoms with van der Waals surface area (Å²) in [5.74, 6) is 0.672. The predicted molar refractivity (Wildman–Crippen MR) is 74.2 cm³/mol. The molecule has 3 nitrogen and oxygen atoms in total. The van der Waals surface area contributed by atoms with Crippen molar-refractivity contribution in [2.75, 3.05) is 6.54 Å². The molecular weight excluding hydrogens is 329 g/mol. The zero-order valence-corrected chi connectivity index (χ0v) is 12.2. The summed E-state index contributed by atoms with van der Waals surface area (Å²) in [7, 11) is 0. The van der Waals surface area contributed by atoms with Gasteiger partial charge in [-0.15, -0.1) is 0 Å². The van der Waals surface area contributed by atoms with Crippen molar-refractivity contribution >= 4 is 28.6 Å². The number of carbonyl (C=O) groups excluding carboxylic acids is 1. The second kappa shape index (κ2) is 4.68. The summed E-state index contributed by atoms with van der Waals surface area (Å²) in [4.78, 5) is 12.2. The molecule has 0 aromatic carbocycles. The van der Waals surface area contributed by atoms with E-state index in [1.54, 1.807) is 0 Å². The van der Waals surface area contributed by atoms with Gasteiger partial charge in [-0.1, -0.05) is 29.0 Å². The molecule has 4 heteroatoms. The molecular formula is C13H20INO2. The second-order valence-corrected chi connectivity index (χ2v) is 7.08. The highest BCUT2D eigenvalue weighted by Crippen LogP contribution is 2.48. The number of ether oxygens (including phenoxy) is 1. The van der Waals surface area contributed by atoms with Gasteiger partial charge < -0.3 is 10.1 Å². The molecule has 2 saturated carbocycles. The molecule has 0 aromatic heterocycles. The first-order valence-corrected chi connectivity index (χ1v) is 8.06. The number of fused-ring (bicyclic) bond motifs is 1. The Morgan fingerprint density at radius 2 is 2.00 bits per heavy atom. The van der Waals surface area contributed by atoms with E-state index in [1.807, 2.05) is 0 Å². The highest BCUT2D eigenvalue weighted by molar-refractivity contribution is 14.1. The SMILES string of the molecule is O=C(OC12CCCCC1CCC2)C(I)C1CN1. The number of hydrogen-bond acceptors (Lipinski definition) is 3. The van der Waals surface area contributed by atoms with Crippen LogP contribution in [0.25, 0.3) is 0 Å². The van der Waals surface area contributed by atoms with E-state index in [2.05, 4.69) is 27.9 Å². The Bertz CT molecular complexity index is 319. The van der Waals surface area contributed by atoms with Gasteiger partial charge in [0.1, 0.15) is 9.53 Å². The van der Waals surface area contributed by atoms with Crippen LogP contribution < -0.4 is 5.32 Å². The van der Waals surface area contributed by atoms with Crippen LogP contribution in [0.5, 0.6) is 0 Å². The molecule has 0 aromatic rings. The minimum absolute atomic E-state index is 0.00477. The van der Waals surface area contributed by atoms with Gasteiger partial charge in [-0.25, -0.2) is 0 Å². The monoisotopic (exact) mass is 349 g/mol. The Morgan fingerprint density at radius 1 is 1.29 bits per heavy atom. The maximum absolute atomic E-state index is 12.2. The molecule has 4 atom stereocenters. The lowest BCUT2D eigenvalue weighted by Gasteiger charge is -2.39. The predicted octanol–water partition coefficient (Wildman–Crippen LogP) is 2.42. The van der Waals surface area contributed by atoms with Crippen molar-refractivity contribution < 1.29 is 9.53 Å². The quantitative estimate of drug-likeness (QED) is 0.368. The molecule has 0 amide bonds. The van der Waals surface area contributed by atoms with Crippen molar-refractivity contribution in [3.63, 3.8) is 0 Å². The molecule has 1 N–H and O–H groups in total. The highest BCUT2D eigenvalue weighted by Gasteiger charge is 2.48. The first-order valence-electron chi connectivity index (χ1n) is 6.82. The Balaban J connectivity index is 1.67. The van der Waals surface area contributed by atoms with E-state index in [0.717, 1.165) is 19.4 Å². The topological polar surface area (TPSA) is 48.2 Å². The summed E-state index contributed by atoms with van der Waals surface area (Å²) in [5, 5.41) is 3.20. The molecule has 3 fully saturated rings. The van der Waals surface area contributed by atoms with Crippen LogP contribution in [0.4, 0.5) is 0 Å². The molecule has 0 spiro atoms. The maximum atomic E-state index is 12.2. The van der Waals surface area contributed by atoms with E-state index < -0.39 is 0 Å². The fourth-order valence-electron chi connectivity index (χ4n) is 3.55. The average molecular weight is 349 g/mol. The number of nitrogens with one attached hydrogen (secondary N) is 1. The van der Waals surface area contributed by atoms with Crippen molar-refractivity contribution in [1.82, 2.24) is 5.32 Å². The first-order chi connectivity index (χ1) is 8.21. The number of rotatable bonds is 3. The van der Waals surface area contributed by atoms with E-state index in [9.17, 15) is 4.79 Å². The van der Waals surface area contributed by atoms with Gasteiger partial charge in [-0.3, -0.25) is 4.79 Å². The molecule has 3 aliphatic rings. The minimum Gasteiger partial charge on any atom is -0.458 e. The van der Waals surface area contributed by atoms with E-state index in [4.69, 9.17) is 4.74 Å². The van der Waals surface area contributed by atoms with Crippen LogP contribution in [0.15, 0.2) is 0 Å². The molecule has 4 unspecified atom stereocenters. The average Bonchev–Trinajstić information content (AvgIpc) is 3.08. The van der Waals surface area contributed by atoms with Gasteiger partial charge in [0.05, 0.1) is 0 Å². The van der Waals surface area contributed by atoms with Gasteiger partial charge in [0.2, 0.25) is 0 Å². The van der Waals surface area contributed by atoms with Gasteiger partial charge in [-0.05, 0) is 44.4 Å². The summed E-state index contributed by atoms with van der Waals surface area (Å²) in [6.45, 7) is 0.971. The fraction of sp³-hybridized carbons (Fsp3) is 0.923. The van der Waals surface area contributed by atoms with Crippen LogP contribution in [0.1, 0.15) is 44.9 Å². The van der Waals surface area contributed by atoms with Crippen molar-refractivity contribution in [3.05, 3.63) is 0 Å². The Morgan fingerprint density at radius 3 is 2.76 bits per heavy atom. The van der Waals surface area contributed by atoms with Gasteiger partial charge in [0.15, 0.2) is 0 Å². The Kier molecular flexibility index (Phi) is 3.36. The normalized spacial score (nSPS) is 41.7. The number of esters is 1. The molecule has 17 heavy (non-hydrogen) atoms. The number of carbonyl (C=O) groups is 1. The van der Waals surface area contributed by atoms with Crippen LogP contribution in [0.2, 0.25) is 0 Å². The lowest BCUT2D eigenvalue weighted by Crippen LogP contribution is -2.43. The van der Waals surface area contributed by atoms with Gasteiger partial charge in [0.25, 0.3) is 0 Å². The van der Waals surface area contributed by atoms with Gasteiger partial charge >= 0.3 is 5.97 Å². The lowest BCUT2D eigenvalue weighted by molar-refractivity contribution is -0.166. The molecule has 96 valence electrons. The van der Waals surface area contributed by atoms with E-state index in [1.165, 1.54) is 32.1 Å². The van der Waals surface area contributed by atoms with E-state index >= 15 is 0 Å². The first kappa shape index (κ1) is 12.2. The largest absolute Gasteiger partial charge is 0.458 e. The molecule has 3 rings (SSSR count).